The Balaban J connectivity index is 1.60. The molecule has 2 amide bonds. The van der Waals surface area contributed by atoms with Gasteiger partial charge < -0.3 is 4.90 Å². The molecule has 1 fully saturated rings. The van der Waals surface area contributed by atoms with Gasteiger partial charge in [0, 0.05) is 23.5 Å². The van der Waals surface area contributed by atoms with Crippen LogP contribution in [0.4, 0.5) is 5.69 Å². The van der Waals surface area contributed by atoms with Gasteiger partial charge in [0.1, 0.15) is 0 Å². The Labute approximate surface area is 138 Å². The average molecular weight is 327 g/mol. The molecule has 3 rings (SSSR count). The van der Waals surface area contributed by atoms with E-state index in [1.807, 2.05) is 48.7 Å². The van der Waals surface area contributed by atoms with E-state index in [0.29, 0.717) is 6.54 Å². The smallest absolute Gasteiger partial charge is 0.245 e. The monoisotopic (exact) mass is 327 g/mol. The lowest BCUT2D eigenvalue weighted by Crippen LogP contribution is -2.30. The van der Waals surface area contributed by atoms with Crippen LogP contribution in [-0.4, -0.2) is 24.6 Å². The van der Waals surface area contributed by atoms with Gasteiger partial charge >= 0.3 is 0 Å². The number of amides is 2. The predicted molar refractivity (Wildman–Crippen MR) is 91.7 cm³/mol. The van der Waals surface area contributed by atoms with E-state index in [4.69, 9.17) is 0 Å². The largest absolute Gasteiger partial charge is 0.312 e. The summed E-state index contributed by atoms with van der Waals surface area (Å²) in [7, 11) is 0. The summed E-state index contributed by atoms with van der Waals surface area (Å²) in [5.74, 6) is -0.624. The molecule has 1 saturated heterocycles. The summed E-state index contributed by atoms with van der Waals surface area (Å²) in [5.41, 5.74) is 4.49. The molecule has 1 unspecified atom stereocenters. The van der Waals surface area contributed by atoms with E-state index in [9.17, 15) is 9.59 Å². The Morgan fingerprint density at radius 2 is 2.13 bits per heavy atom. The highest BCUT2D eigenvalue weighted by atomic mass is 32.1. The molecule has 0 spiro atoms. The molecule has 0 aliphatic carbocycles. The molecule has 2 aromatic rings. The third kappa shape index (κ3) is 3.65. The van der Waals surface area contributed by atoms with E-state index in [2.05, 4.69) is 10.5 Å². The average Bonchev–Trinajstić information content (AvgIpc) is 3.18. The van der Waals surface area contributed by atoms with Crippen molar-refractivity contribution >= 4 is 35.1 Å². The Bertz CT molecular complexity index is 723. The molecular formula is C17H17N3O2S. The van der Waals surface area contributed by atoms with E-state index in [1.165, 1.54) is 0 Å². The van der Waals surface area contributed by atoms with Gasteiger partial charge in [0.05, 0.1) is 12.1 Å². The predicted octanol–water partition coefficient (Wildman–Crippen LogP) is 2.56. The summed E-state index contributed by atoms with van der Waals surface area (Å²) >= 11 is 1.54. The van der Waals surface area contributed by atoms with Crippen LogP contribution >= 0.6 is 11.3 Å². The molecule has 0 saturated carbocycles. The van der Waals surface area contributed by atoms with Crippen LogP contribution in [0, 0.1) is 12.8 Å². The van der Waals surface area contributed by atoms with Crippen molar-refractivity contribution in [2.24, 2.45) is 11.0 Å². The van der Waals surface area contributed by atoms with Crippen molar-refractivity contribution in [3.8, 4) is 0 Å². The quantitative estimate of drug-likeness (QED) is 0.693. The van der Waals surface area contributed by atoms with E-state index in [0.717, 1.165) is 16.1 Å². The zero-order valence-electron chi connectivity index (χ0n) is 12.7. The second kappa shape index (κ2) is 6.75. The van der Waals surface area contributed by atoms with Gasteiger partial charge in [-0.2, -0.15) is 5.10 Å². The van der Waals surface area contributed by atoms with Crippen LogP contribution in [0.25, 0.3) is 0 Å². The van der Waals surface area contributed by atoms with E-state index < -0.39 is 0 Å². The molecule has 1 aromatic carbocycles. The number of nitrogens with one attached hydrogen (secondary N) is 1. The Morgan fingerprint density at radius 1 is 1.35 bits per heavy atom. The minimum atomic E-state index is -0.371. The van der Waals surface area contributed by atoms with Gasteiger partial charge in [-0.15, -0.1) is 11.3 Å². The van der Waals surface area contributed by atoms with Crippen molar-refractivity contribution in [1.29, 1.82) is 0 Å². The summed E-state index contributed by atoms with van der Waals surface area (Å²) in [6, 6.07) is 11.6. The fourth-order valence-corrected chi connectivity index (χ4v) is 3.06. The number of hydrogen-bond acceptors (Lipinski definition) is 4. The van der Waals surface area contributed by atoms with E-state index in [1.54, 1.807) is 22.5 Å². The minimum absolute atomic E-state index is 0.0313. The lowest BCUT2D eigenvalue weighted by atomic mass is 10.1. The summed E-state index contributed by atoms with van der Waals surface area (Å²) in [5, 5.41) is 5.89. The molecule has 0 radical (unpaired) electrons. The molecule has 23 heavy (non-hydrogen) atoms. The highest BCUT2D eigenvalue weighted by molar-refractivity contribution is 7.11. The van der Waals surface area contributed by atoms with Crippen molar-refractivity contribution in [2.45, 2.75) is 13.3 Å². The van der Waals surface area contributed by atoms with Gasteiger partial charge in [-0.1, -0.05) is 23.8 Å². The van der Waals surface area contributed by atoms with Crippen molar-refractivity contribution < 1.29 is 9.59 Å². The number of carbonyl (C=O) groups excluding carboxylic acids is 2. The number of nitrogens with zero attached hydrogens (tertiary/aromatic N) is 2. The third-order valence-electron chi connectivity index (χ3n) is 3.75. The van der Waals surface area contributed by atoms with Gasteiger partial charge in [0.2, 0.25) is 11.8 Å². The van der Waals surface area contributed by atoms with Crippen LogP contribution in [0.5, 0.6) is 0 Å². The number of hydrazone groups is 1. The Hall–Kier alpha value is -2.47. The lowest BCUT2D eigenvalue weighted by molar-refractivity contribution is -0.126. The van der Waals surface area contributed by atoms with Gasteiger partial charge in [0.15, 0.2) is 0 Å². The van der Waals surface area contributed by atoms with Crippen molar-refractivity contribution in [1.82, 2.24) is 5.43 Å². The molecule has 5 nitrogen and oxygen atoms in total. The van der Waals surface area contributed by atoms with E-state index in [-0.39, 0.29) is 24.2 Å². The summed E-state index contributed by atoms with van der Waals surface area (Å²) in [4.78, 5) is 26.9. The fourth-order valence-electron chi connectivity index (χ4n) is 2.47. The minimum Gasteiger partial charge on any atom is -0.312 e. The number of rotatable bonds is 4. The van der Waals surface area contributed by atoms with Crippen LogP contribution in [0.1, 0.15) is 16.9 Å². The van der Waals surface area contributed by atoms with Crippen LogP contribution in [0.3, 0.4) is 0 Å². The maximum Gasteiger partial charge on any atom is 0.245 e. The highest BCUT2D eigenvalue weighted by Crippen LogP contribution is 2.25. The second-order valence-electron chi connectivity index (χ2n) is 5.49. The first-order chi connectivity index (χ1) is 11.1. The molecule has 1 N–H and O–H groups in total. The number of carbonyl (C=O) groups is 2. The molecule has 118 valence electrons. The molecule has 1 aliphatic rings. The first-order valence-electron chi connectivity index (χ1n) is 7.37. The van der Waals surface area contributed by atoms with Crippen LogP contribution in [-0.2, 0) is 9.59 Å². The Kier molecular flexibility index (Phi) is 4.52. The number of anilines is 1. The maximum absolute atomic E-state index is 12.2. The number of aryl methyl sites for hydroxylation is 1. The van der Waals surface area contributed by atoms with Crippen molar-refractivity contribution in [3.63, 3.8) is 0 Å². The fraction of sp³-hybridized carbons (Fsp3) is 0.235. The number of benzene rings is 1. The topological polar surface area (TPSA) is 61.8 Å². The van der Waals surface area contributed by atoms with Crippen LogP contribution in [0.2, 0.25) is 0 Å². The van der Waals surface area contributed by atoms with Gasteiger partial charge in [-0.05, 0) is 30.5 Å². The summed E-state index contributed by atoms with van der Waals surface area (Å²) in [6.07, 6.45) is 1.82. The molecule has 1 aromatic heterocycles. The van der Waals surface area contributed by atoms with Crippen LogP contribution in [0.15, 0.2) is 46.9 Å². The van der Waals surface area contributed by atoms with Gasteiger partial charge in [-0.3, -0.25) is 9.59 Å². The standard InChI is InChI=1S/C17H17N3O2S/c1-12-4-6-14(7-5-12)20-11-13(9-16(20)21)17(22)19-18-10-15-3-2-8-23-15/h2-8,10,13H,9,11H2,1H3,(H,19,22). The zero-order chi connectivity index (χ0) is 16.2. The van der Waals surface area contributed by atoms with Crippen molar-refractivity contribution in [2.75, 3.05) is 11.4 Å². The summed E-state index contributed by atoms with van der Waals surface area (Å²) < 4.78 is 0. The third-order valence-corrected chi connectivity index (χ3v) is 4.56. The van der Waals surface area contributed by atoms with Crippen LogP contribution < -0.4 is 10.3 Å². The zero-order valence-corrected chi connectivity index (χ0v) is 13.5. The molecular weight excluding hydrogens is 310 g/mol. The Morgan fingerprint density at radius 3 is 2.83 bits per heavy atom. The molecule has 2 heterocycles. The van der Waals surface area contributed by atoms with Gasteiger partial charge in [0.25, 0.3) is 0 Å². The normalized spacial score (nSPS) is 17.9. The maximum atomic E-state index is 12.2. The number of hydrogen-bond donors (Lipinski definition) is 1. The van der Waals surface area contributed by atoms with Gasteiger partial charge in [-0.25, -0.2) is 5.43 Å². The second-order valence-corrected chi connectivity index (χ2v) is 6.47. The first-order valence-corrected chi connectivity index (χ1v) is 8.25. The molecule has 0 bridgehead atoms. The molecule has 6 heteroatoms. The summed E-state index contributed by atoms with van der Waals surface area (Å²) in [6.45, 7) is 2.39. The van der Waals surface area contributed by atoms with Crippen molar-refractivity contribution in [3.05, 3.63) is 52.2 Å². The highest BCUT2D eigenvalue weighted by Gasteiger charge is 2.35. The lowest BCUT2D eigenvalue weighted by Gasteiger charge is -2.16. The SMILES string of the molecule is Cc1ccc(N2CC(C(=O)NN=Cc3cccs3)CC2=O)cc1. The van der Waals surface area contributed by atoms with E-state index >= 15 is 0 Å². The molecule has 1 atom stereocenters. The first kappa shape index (κ1) is 15.4. The number of thiophene rings is 1. The molecule has 1 aliphatic heterocycles.